The van der Waals surface area contributed by atoms with E-state index in [2.05, 4.69) is 0 Å². The van der Waals surface area contributed by atoms with Crippen molar-refractivity contribution >= 4 is 34.2 Å². The fourth-order valence-electron chi connectivity index (χ4n) is 2.47. The number of phenols is 2. The van der Waals surface area contributed by atoms with Crippen molar-refractivity contribution in [1.82, 2.24) is 0 Å². The lowest BCUT2D eigenvalue weighted by atomic mass is 10.0. The average Bonchev–Trinajstić information content (AvgIpc) is 2.63. The average molecular weight is 355 g/mol. The Morgan fingerprint density at radius 1 is 1.04 bits per heavy atom. The van der Waals surface area contributed by atoms with Crippen LogP contribution in [0.2, 0.25) is 5.02 Å². The van der Waals surface area contributed by atoms with Gasteiger partial charge in [0.25, 0.3) is 0 Å². The molecule has 25 heavy (non-hydrogen) atoms. The molecule has 0 saturated heterocycles. The number of carbonyl (C=O) groups excluding carboxylic acids is 1. The van der Waals surface area contributed by atoms with Gasteiger partial charge in [-0.3, -0.25) is 4.79 Å². The van der Waals surface area contributed by atoms with Gasteiger partial charge in [0.05, 0.1) is 12.1 Å². The number of rotatable bonds is 4. The number of ketones is 1. The van der Waals surface area contributed by atoms with Crippen molar-refractivity contribution in [2.24, 2.45) is 0 Å². The number of allylic oxidation sites excluding steroid dienone is 1. The number of aromatic hydroxyl groups is 2. The van der Waals surface area contributed by atoms with Gasteiger partial charge in [0.15, 0.2) is 17.3 Å². The molecular weight excluding hydrogens is 340 g/mol. The zero-order valence-corrected chi connectivity index (χ0v) is 14.1. The second kappa shape index (κ2) is 6.87. The first-order chi connectivity index (χ1) is 12.0. The maximum Gasteiger partial charge on any atom is 0.185 e. The third kappa shape index (κ3) is 3.59. The Hall–Kier alpha value is -2.98. The van der Waals surface area contributed by atoms with Crippen LogP contribution in [0.4, 0.5) is 0 Å². The van der Waals surface area contributed by atoms with Gasteiger partial charge >= 0.3 is 0 Å². The fraction of sp³-hybridized carbons (Fsp3) is 0.0500. The van der Waals surface area contributed by atoms with Crippen LogP contribution in [0, 0.1) is 0 Å². The molecule has 5 heteroatoms. The molecule has 0 aliphatic heterocycles. The number of carbonyl (C=O) groups is 1. The summed E-state index contributed by atoms with van der Waals surface area (Å²) in [6.07, 6.45) is 2.93. The standard InChI is InChI=1S/C20H15ClO4/c1-25-16-6-5-13-10-15(4-3-14(13)11-16)18(22)7-2-12-8-17(21)20(24)19(23)9-12/h2-11,23-24H,1H3/b7-2+. The Labute approximate surface area is 149 Å². The second-order valence-electron chi connectivity index (χ2n) is 5.50. The minimum absolute atomic E-state index is 0.0201. The summed E-state index contributed by atoms with van der Waals surface area (Å²) in [5.41, 5.74) is 1.06. The molecule has 2 N–H and O–H groups in total. The largest absolute Gasteiger partial charge is 0.504 e. The molecular formula is C20H15ClO4. The minimum atomic E-state index is -0.380. The van der Waals surface area contributed by atoms with Gasteiger partial charge in [0.1, 0.15) is 5.75 Å². The van der Waals surface area contributed by atoms with Crippen LogP contribution < -0.4 is 4.74 Å². The number of halogens is 1. The lowest BCUT2D eigenvalue weighted by molar-refractivity contribution is 0.104. The van der Waals surface area contributed by atoms with Crippen molar-refractivity contribution in [1.29, 1.82) is 0 Å². The van der Waals surface area contributed by atoms with Gasteiger partial charge in [-0.05, 0) is 52.7 Å². The fourth-order valence-corrected chi connectivity index (χ4v) is 2.70. The molecule has 0 amide bonds. The molecule has 0 spiro atoms. The summed E-state index contributed by atoms with van der Waals surface area (Å²) >= 11 is 5.80. The van der Waals surface area contributed by atoms with Gasteiger partial charge in [0, 0.05) is 5.56 Å². The van der Waals surface area contributed by atoms with Crippen molar-refractivity contribution in [3.05, 3.63) is 70.8 Å². The zero-order valence-electron chi connectivity index (χ0n) is 13.4. The Bertz CT molecular complexity index is 969. The summed E-state index contributed by atoms with van der Waals surface area (Å²) in [5.74, 6) is -0.133. The summed E-state index contributed by atoms with van der Waals surface area (Å²) in [6.45, 7) is 0. The Balaban J connectivity index is 1.87. The highest BCUT2D eigenvalue weighted by Crippen LogP contribution is 2.34. The SMILES string of the molecule is COc1ccc2cc(C(=O)/C=C/c3cc(O)c(O)c(Cl)c3)ccc2c1. The molecule has 0 heterocycles. The lowest BCUT2D eigenvalue weighted by Gasteiger charge is -2.04. The molecule has 0 atom stereocenters. The van der Waals surface area contributed by atoms with Gasteiger partial charge in [-0.1, -0.05) is 35.9 Å². The smallest absolute Gasteiger partial charge is 0.185 e. The molecule has 0 unspecified atom stereocenters. The van der Waals surface area contributed by atoms with Crippen molar-refractivity contribution in [2.45, 2.75) is 0 Å². The highest BCUT2D eigenvalue weighted by Gasteiger charge is 2.07. The Morgan fingerprint density at radius 2 is 1.76 bits per heavy atom. The highest BCUT2D eigenvalue weighted by atomic mass is 35.5. The molecule has 0 fully saturated rings. The highest BCUT2D eigenvalue weighted by molar-refractivity contribution is 6.32. The van der Waals surface area contributed by atoms with E-state index in [9.17, 15) is 15.0 Å². The predicted octanol–water partition coefficient (Wildman–Crippen LogP) is 4.81. The van der Waals surface area contributed by atoms with E-state index >= 15 is 0 Å². The van der Waals surface area contributed by atoms with Crippen LogP contribution >= 0.6 is 11.6 Å². The van der Waals surface area contributed by atoms with Gasteiger partial charge in [-0.2, -0.15) is 0 Å². The summed E-state index contributed by atoms with van der Waals surface area (Å²) in [4.78, 5) is 12.4. The van der Waals surface area contributed by atoms with Gasteiger partial charge in [0.2, 0.25) is 0 Å². The molecule has 126 valence electrons. The number of ether oxygens (including phenoxy) is 1. The first kappa shape index (κ1) is 16.9. The van der Waals surface area contributed by atoms with Crippen LogP contribution in [0.25, 0.3) is 16.8 Å². The van der Waals surface area contributed by atoms with Gasteiger partial charge in [-0.15, -0.1) is 0 Å². The summed E-state index contributed by atoms with van der Waals surface area (Å²) in [7, 11) is 1.61. The van der Waals surface area contributed by atoms with E-state index in [4.69, 9.17) is 16.3 Å². The zero-order chi connectivity index (χ0) is 18.0. The second-order valence-corrected chi connectivity index (χ2v) is 5.90. The summed E-state index contributed by atoms with van der Waals surface area (Å²) < 4.78 is 5.19. The van der Waals surface area contributed by atoms with Gasteiger partial charge in [-0.25, -0.2) is 0 Å². The molecule has 0 aliphatic rings. The molecule has 0 radical (unpaired) electrons. The Morgan fingerprint density at radius 3 is 2.48 bits per heavy atom. The molecule has 0 aliphatic carbocycles. The monoisotopic (exact) mass is 354 g/mol. The van der Waals surface area contributed by atoms with E-state index in [1.165, 1.54) is 24.3 Å². The van der Waals surface area contributed by atoms with E-state index in [1.807, 2.05) is 30.3 Å². The van der Waals surface area contributed by atoms with Crippen molar-refractivity contribution in [2.75, 3.05) is 7.11 Å². The van der Waals surface area contributed by atoms with Crippen molar-refractivity contribution in [3.8, 4) is 17.2 Å². The molecule has 0 aromatic heterocycles. The quantitative estimate of drug-likeness (QED) is 0.401. The first-order valence-electron chi connectivity index (χ1n) is 7.49. The normalized spacial score (nSPS) is 11.1. The predicted molar refractivity (Wildman–Crippen MR) is 98.6 cm³/mol. The minimum Gasteiger partial charge on any atom is -0.504 e. The molecule has 3 rings (SSSR count). The van der Waals surface area contributed by atoms with Crippen LogP contribution in [-0.2, 0) is 0 Å². The molecule has 3 aromatic rings. The number of benzene rings is 3. The molecule has 4 nitrogen and oxygen atoms in total. The van der Waals surface area contributed by atoms with Crippen LogP contribution in [0.5, 0.6) is 17.2 Å². The number of hydrogen-bond donors (Lipinski definition) is 2. The Kier molecular flexibility index (Phi) is 4.63. The van der Waals surface area contributed by atoms with Gasteiger partial charge < -0.3 is 14.9 Å². The first-order valence-corrected chi connectivity index (χ1v) is 7.87. The van der Waals surface area contributed by atoms with E-state index in [-0.39, 0.29) is 22.3 Å². The van der Waals surface area contributed by atoms with E-state index < -0.39 is 0 Å². The van der Waals surface area contributed by atoms with Crippen LogP contribution in [-0.4, -0.2) is 23.1 Å². The molecule has 0 saturated carbocycles. The molecule has 0 bridgehead atoms. The van der Waals surface area contributed by atoms with E-state index in [1.54, 1.807) is 13.2 Å². The van der Waals surface area contributed by atoms with Crippen LogP contribution in [0.15, 0.2) is 54.6 Å². The number of hydrogen-bond acceptors (Lipinski definition) is 4. The summed E-state index contributed by atoms with van der Waals surface area (Å²) in [6, 6.07) is 13.9. The maximum absolute atomic E-state index is 12.4. The number of fused-ring (bicyclic) bond motifs is 1. The molecule has 3 aromatic carbocycles. The third-order valence-electron chi connectivity index (χ3n) is 3.82. The van der Waals surface area contributed by atoms with Crippen molar-refractivity contribution < 1.29 is 19.7 Å². The number of phenolic OH excluding ortho intramolecular Hbond substituents is 2. The van der Waals surface area contributed by atoms with E-state index in [0.717, 1.165) is 16.5 Å². The maximum atomic E-state index is 12.4. The van der Waals surface area contributed by atoms with E-state index in [0.29, 0.717) is 11.1 Å². The summed E-state index contributed by atoms with van der Waals surface area (Å²) in [5, 5.41) is 20.9. The lowest BCUT2D eigenvalue weighted by Crippen LogP contribution is -1.94. The van der Waals surface area contributed by atoms with Crippen LogP contribution in [0.1, 0.15) is 15.9 Å². The number of methoxy groups -OCH3 is 1. The third-order valence-corrected chi connectivity index (χ3v) is 4.11. The topological polar surface area (TPSA) is 66.8 Å². The van der Waals surface area contributed by atoms with Crippen LogP contribution in [0.3, 0.4) is 0 Å². The van der Waals surface area contributed by atoms with Crippen molar-refractivity contribution in [3.63, 3.8) is 0 Å².